The summed E-state index contributed by atoms with van der Waals surface area (Å²) in [4.78, 5) is 20.3. The quantitative estimate of drug-likeness (QED) is 0.845. The number of anilines is 1. The molecule has 0 unspecified atom stereocenters. The first-order valence-corrected chi connectivity index (χ1v) is 6.56. The Morgan fingerprint density at radius 1 is 1.45 bits per heavy atom. The lowest BCUT2D eigenvalue weighted by Crippen LogP contribution is -2.25. The van der Waals surface area contributed by atoms with Crippen LogP contribution in [0.4, 0.5) is 5.95 Å². The molecule has 0 saturated heterocycles. The monoisotopic (exact) mass is 270 g/mol. The van der Waals surface area contributed by atoms with Gasteiger partial charge in [0.05, 0.1) is 5.69 Å². The number of aryl methyl sites for hydroxylation is 2. The maximum absolute atomic E-state index is 12.2. The van der Waals surface area contributed by atoms with Gasteiger partial charge in [0.15, 0.2) is 0 Å². The first-order chi connectivity index (χ1) is 9.67. The van der Waals surface area contributed by atoms with Gasteiger partial charge in [-0.15, -0.1) is 6.58 Å². The van der Waals surface area contributed by atoms with E-state index < -0.39 is 0 Å². The maximum atomic E-state index is 12.2. The second-order valence-electron chi connectivity index (χ2n) is 4.44. The van der Waals surface area contributed by atoms with E-state index in [2.05, 4.69) is 28.8 Å². The highest BCUT2D eigenvalue weighted by atomic mass is 16.1. The molecule has 0 fully saturated rings. The highest BCUT2D eigenvalue weighted by Crippen LogP contribution is 2.18. The Kier molecular flexibility index (Phi) is 4.30. The molecule has 0 aliphatic carbocycles. The summed E-state index contributed by atoms with van der Waals surface area (Å²) in [7, 11) is 0. The number of benzene rings is 1. The van der Waals surface area contributed by atoms with Crippen LogP contribution in [0.2, 0.25) is 0 Å². The van der Waals surface area contributed by atoms with Gasteiger partial charge in [0.1, 0.15) is 6.33 Å². The lowest BCUT2D eigenvalue weighted by Gasteiger charge is -2.13. The van der Waals surface area contributed by atoms with Gasteiger partial charge in [-0.05, 0) is 24.5 Å². The number of hydrogen-bond donors (Lipinski definition) is 1. The molecule has 1 aromatic carbocycles. The summed E-state index contributed by atoms with van der Waals surface area (Å²) in [5.74, 6) is 0.317. The third-order valence-corrected chi connectivity index (χ3v) is 3.05. The molecule has 2 rings (SSSR count). The largest absolute Gasteiger partial charge is 0.356 e. The van der Waals surface area contributed by atoms with Crippen LogP contribution in [-0.4, -0.2) is 21.1 Å². The molecule has 0 atom stereocenters. The molecular formula is C15H18N4O. The predicted molar refractivity (Wildman–Crippen MR) is 80.4 cm³/mol. The Morgan fingerprint density at radius 3 is 2.90 bits per heavy atom. The molecule has 104 valence electrons. The lowest BCUT2D eigenvalue weighted by molar-refractivity contribution is 0.842. The third kappa shape index (κ3) is 2.77. The van der Waals surface area contributed by atoms with Crippen LogP contribution >= 0.6 is 0 Å². The van der Waals surface area contributed by atoms with Crippen LogP contribution in [0.5, 0.6) is 0 Å². The summed E-state index contributed by atoms with van der Waals surface area (Å²) in [6.07, 6.45) is 4.05. The van der Waals surface area contributed by atoms with Crippen molar-refractivity contribution in [3.8, 4) is 5.69 Å². The fraction of sp³-hybridized carbons (Fsp3) is 0.267. The number of nitrogens with zero attached hydrogens (tertiary/aromatic N) is 3. The standard InChI is InChI=1S/C15H18N4O/c1-4-9-16-14-17-10-19(15(20)18-14)13-11(3)7-6-8-12(13)5-2/h4,6-8,10H,1,5,9H2,2-3H3,(H,16,18,20). The van der Waals surface area contributed by atoms with Crippen molar-refractivity contribution in [1.29, 1.82) is 0 Å². The topological polar surface area (TPSA) is 59.8 Å². The van der Waals surface area contributed by atoms with Gasteiger partial charge >= 0.3 is 5.69 Å². The van der Waals surface area contributed by atoms with Gasteiger partial charge in [-0.25, -0.2) is 9.78 Å². The summed E-state index contributed by atoms with van der Waals surface area (Å²) in [6, 6.07) is 5.98. The van der Waals surface area contributed by atoms with E-state index in [0.717, 1.165) is 23.2 Å². The van der Waals surface area contributed by atoms with E-state index in [0.29, 0.717) is 12.5 Å². The van der Waals surface area contributed by atoms with Crippen molar-refractivity contribution in [3.63, 3.8) is 0 Å². The summed E-state index contributed by atoms with van der Waals surface area (Å²) in [6.45, 7) is 8.15. The van der Waals surface area contributed by atoms with E-state index in [1.54, 1.807) is 6.08 Å². The fourth-order valence-corrected chi connectivity index (χ4v) is 2.09. The summed E-state index contributed by atoms with van der Waals surface area (Å²) in [5.41, 5.74) is 2.66. The first-order valence-electron chi connectivity index (χ1n) is 6.56. The molecule has 2 aromatic rings. The van der Waals surface area contributed by atoms with Crippen LogP contribution in [0, 0.1) is 6.92 Å². The number of nitrogens with one attached hydrogen (secondary N) is 1. The molecule has 0 amide bonds. The average molecular weight is 270 g/mol. The molecule has 0 bridgehead atoms. The van der Waals surface area contributed by atoms with Crippen molar-refractivity contribution in [2.75, 3.05) is 11.9 Å². The molecule has 1 aromatic heterocycles. The highest BCUT2D eigenvalue weighted by molar-refractivity contribution is 5.47. The minimum absolute atomic E-state index is 0.317. The Bertz CT molecular complexity index is 676. The molecule has 1 heterocycles. The second kappa shape index (κ2) is 6.14. The van der Waals surface area contributed by atoms with E-state index in [4.69, 9.17) is 0 Å². The van der Waals surface area contributed by atoms with Crippen LogP contribution in [0.3, 0.4) is 0 Å². The average Bonchev–Trinajstić information content (AvgIpc) is 2.45. The predicted octanol–water partition coefficient (Wildman–Crippen LogP) is 2.10. The molecule has 5 nitrogen and oxygen atoms in total. The Balaban J connectivity index is 2.49. The third-order valence-electron chi connectivity index (χ3n) is 3.05. The van der Waals surface area contributed by atoms with Crippen LogP contribution < -0.4 is 11.0 Å². The lowest BCUT2D eigenvalue weighted by atomic mass is 10.1. The van der Waals surface area contributed by atoms with Gasteiger partial charge in [-0.2, -0.15) is 4.98 Å². The summed E-state index contributed by atoms with van der Waals surface area (Å²) in [5, 5.41) is 2.90. The van der Waals surface area contributed by atoms with E-state index in [1.165, 1.54) is 10.9 Å². The molecule has 1 N–H and O–H groups in total. The molecular weight excluding hydrogens is 252 g/mol. The Labute approximate surface area is 118 Å². The van der Waals surface area contributed by atoms with Crippen molar-refractivity contribution in [1.82, 2.24) is 14.5 Å². The first kappa shape index (κ1) is 14.0. The van der Waals surface area contributed by atoms with Gasteiger partial charge in [-0.1, -0.05) is 31.2 Å². The summed E-state index contributed by atoms with van der Waals surface area (Å²) < 4.78 is 1.49. The van der Waals surface area contributed by atoms with Crippen LogP contribution in [0.1, 0.15) is 18.1 Å². The van der Waals surface area contributed by atoms with Crippen molar-refractivity contribution in [3.05, 3.63) is 58.8 Å². The van der Waals surface area contributed by atoms with Crippen LogP contribution in [0.25, 0.3) is 5.69 Å². The van der Waals surface area contributed by atoms with E-state index in [9.17, 15) is 4.79 Å². The molecule has 0 spiro atoms. The van der Waals surface area contributed by atoms with E-state index in [-0.39, 0.29) is 5.69 Å². The van der Waals surface area contributed by atoms with Crippen LogP contribution in [0.15, 0.2) is 42.0 Å². The van der Waals surface area contributed by atoms with E-state index in [1.807, 2.05) is 25.1 Å². The van der Waals surface area contributed by atoms with Crippen molar-refractivity contribution in [2.45, 2.75) is 20.3 Å². The number of para-hydroxylation sites is 1. The number of aromatic nitrogens is 3. The molecule has 5 heteroatoms. The zero-order valence-electron chi connectivity index (χ0n) is 11.8. The second-order valence-corrected chi connectivity index (χ2v) is 4.44. The smallest absolute Gasteiger partial charge is 0.351 e. The minimum Gasteiger partial charge on any atom is -0.351 e. The van der Waals surface area contributed by atoms with Gasteiger partial charge in [0, 0.05) is 6.54 Å². The normalized spacial score (nSPS) is 10.3. The maximum Gasteiger partial charge on any atom is 0.356 e. The van der Waals surface area contributed by atoms with Gasteiger partial charge in [0.25, 0.3) is 0 Å². The zero-order chi connectivity index (χ0) is 14.5. The number of rotatable bonds is 5. The highest BCUT2D eigenvalue weighted by Gasteiger charge is 2.10. The molecule has 0 aliphatic rings. The molecule has 0 saturated carbocycles. The molecule has 0 aliphatic heterocycles. The Hall–Kier alpha value is -2.43. The van der Waals surface area contributed by atoms with Gasteiger partial charge < -0.3 is 5.32 Å². The van der Waals surface area contributed by atoms with Crippen molar-refractivity contribution >= 4 is 5.95 Å². The van der Waals surface area contributed by atoms with Gasteiger partial charge in [-0.3, -0.25) is 4.57 Å². The zero-order valence-corrected chi connectivity index (χ0v) is 11.8. The number of hydrogen-bond acceptors (Lipinski definition) is 4. The molecule has 20 heavy (non-hydrogen) atoms. The molecule has 0 radical (unpaired) electrons. The SMILES string of the molecule is C=CCNc1ncn(-c2c(C)cccc2CC)c(=O)n1. The van der Waals surface area contributed by atoms with Crippen molar-refractivity contribution < 1.29 is 0 Å². The van der Waals surface area contributed by atoms with Crippen LogP contribution in [-0.2, 0) is 6.42 Å². The fourth-order valence-electron chi connectivity index (χ4n) is 2.09. The Morgan fingerprint density at radius 2 is 2.25 bits per heavy atom. The van der Waals surface area contributed by atoms with Crippen molar-refractivity contribution in [2.24, 2.45) is 0 Å². The summed E-state index contributed by atoms with van der Waals surface area (Å²) >= 11 is 0. The minimum atomic E-state index is -0.337. The van der Waals surface area contributed by atoms with E-state index >= 15 is 0 Å². The van der Waals surface area contributed by atoms with Gasteiger partial charge in [0.2, 0.25) is 5.95 Å².